The van der Waals surface area contributed by atoms with Gasteiger partial charge in [-0.05, 0) is 12.1 Å². The number of rotatable bonds is 6. The fraction of sp³-hybridized carbons (Fsp3) is 0.385. The quantitative estimate of drug-likeness (QED) is 0.845. The van der Waals surface area contributed by atoms with Crippen molar-refractivity contribution in [2.45, 2.75) is 19.1 Å². The number of benzene rings is 1. The molecular formula is C13H15F2NO3. The number of hydrogen-bond donors (Lipinski definition) is 2. The van der Waals surface area contributed by atoms with Crippen molar-refractivity contribution >= 4 is 11.0 Å². The minimum Gasteiger partial charge on any atom is -0.493 e. The average molecular weight is 271 g/mol. The Bertz CT molecular complexity index is 542. The van der Waals surface area contributed by atoms with Crippen LogP contribution >= 0.6 is 0 Å². The van der Waals surface area contributed by atoms with E-state index in [-0.39, 0.29) is 13.1 Å². The number of methoxy groups -OCH3 is 1. The maximum Gasteiger partial charge on any atom is 0.265 e. The summed E-state index contributed by atoms with van der Waals surface area (Å²) in [4.78, 5) is 0. The Labute approximate surface area is 109 Å². The van der Waals surface area contributed by atoms with Crippen molar-refractivity contribution in [1.29, 1.82) is 0 Å². The first-order chi connectivity index (χ1) is 9.11. The van der Waals surface area contributed by atoms with Crippen molar-refractivity contribution in [2.75, 3.05) is 13.7 Å². The second-order valence-electron chi connectivity index (χ2n) is 4.12. The molecule has 0 aliphatic rings. The molecule has 0 saturated heterocycles. The van der Waals surface area contributed by atoms with Crippen molar-refractivity contribution in [3.63, 3.8) is 0 Å². The van der Waals surface area contributed by atoms with E-state index in [2.05, 4.69) is 5.32 Å². The maximum atomic E-state index is 12.1. The summed E-state index contributed by atoms with van der Waals surface area (Å²) >= 11 is 0. The van der Waals surface area contributed by atoms with Crippen LogP contribution in [0.2, 0.25) is 0 Å². The number of para-hydroxylation sites is 1. The van der Waals surface area contributed by atoms with Gasteiger partial charge in [-0.25, -0.2) is 8.78 Å². The van der Waals surface area contributed by atoms with Gasteiger partial charge >= 0.3 is 0 Å². The smallest absolute Gasteiger partial charge is 0.265 e. The van der Waals surface area contributed by atoms with Gasteiger partial charge in [0, 0.05) is 11.9 Å². The highest BCUT2D eigenvalue weighted by Gasteiger charge is 2.16. The number of halogens is 2. The lowest BCUT2D eigenvalue weighted by Crippen LogP contribution is -2.31. The van der Waals surface area contributed by atoms with Gasteiger partial charge in [0.25, 0.3) is 6.43 Å². The van der Waals surface area contributed by atoms with Crippen molar-refractivity contribution in [3.8, 4) is 5.75 Å². The molecule has 104 valence electrons. The van der Waals surface area contributed by atoms with Gasteiger partial charge in [-0.2, -0.15) is 0 Å². The molecule has 0 bridgehead atoms. The summed E-state index contributed by atoms with van der Waals surface area (Å²) in [5, 5.41) is 12.6. The van der Waals surface area contributed by atoms with Crippen LogP contribution in [0.5, 0.6) is 5.75 Å². The number of alkyl halides is 2. The normalized spacial score (nSPS) is 13.1. The fourth-order valence-corrected chi connectivity index (χ4v) is 1.77. The summed E-state index contributed by atoms with van der Waals surface area (Å²) in [5.74, 6) is 1.22. The van der Waals surface area contributed by atoms with E-state index in [0.717, 1.165) is 5.39 Å². The van der Waals surface area contributed by atoms with Crippen LogP contribution in [0.15, 0.2) is 28.7 Å². The molecule has 6 heteroatoms. The highest BCUT2D eigenvalue weighted by atomic mass is 19.3. The molecule has 1 unspecified atom stereocenters. The number of furan rings is 1. The second-order valence-corrected chi connectivity index (χ2v) is 4.12. The molecule has 0 saturated carbocycles. The summed E-state index contributed by atoms with van der Waals surface area (Å²) < 4.78 is 34.9. The molecule has 2 rings (SSSR count). The van der Waals surface area contributed by atoms with E-state index in [1.165, 1.54) is 0 Å². The van der Waals surface area contributed by atoms with Crippen LogP contribution in [-0.2, 0) is 6.54 Å². The van der Waals surface area contributed by atoms with Gasteiger partial charge in [0.05, 0.1) is 13.7 Å². The van der Waals surface area contributed by atoms with Crippen molar-refractivity contribution in [1.82, 2.24) is 5.32 Å². The molecule has 0 amide bonds. The van der Waals surface area contributed by atoms with Gasteiger partial charge in [0.1, 0.15) is 11.9 Å². The van der Waals surface area contributed by atoms with E-state index in [0.29, 0.717) is 17.1 Å². The highest BCUT2D eigenvalue weighted by molar-refractivity contribution is 5.83. The lowest BCUT2D eigenvalue weighted by Gasteiger charge is -2.09. The van der Waals surface area contributed by atoms with Gasteiger partial charge < -0.3 is 19.6 Å². The van der Waals surface area contributed by atoms with E-state index in [9.17, 15) is 8.78 Å². The SMILES string of the molecule is COc1cccc2cc(CNCC(O)C(F)F)oc12. The Morgan fingerprint density at radius 1 is 1.42 bits per heavy atom. The maximum absolute atomic E-state index is 12.1. The van der Waals surface area contributed by atoms with Gasteiger partial charge in [0.15, 0.2) is 11.3 Å². The minimum atomic E-state index is -2.75. The number of aliphatic hydroxyl groups excluding tert-OH is 1. The van der Waals surface area contributed by atoms with E-state index in [1.54, 1.807) is 19.2 Å². The number of aliphatic hydroxyl groups is 1. The molecule has 0 aliphatic carbocycles. The lowest BCUT2D eigenvalue weighted by atomic mass is 10.2. The number of hydrogen-bond acceptors (Lipinski definition) is 4. The lowest BCUT2D eigenvalue weighted by molar-refractivity contribution is -0.00358. The van der Waals surface area contributed by atoms with Gasteiger partial charge in [-0.15, -0.1) is 0 Å². The zero-order chi connectivity index (χ0) is 13.8. The third-order valence-electron chi connectivity index (χ3n) is 2.72. The summed E-state index contributed by atoms with van der Waals surface area (Å²) in [7, 11) is 1.55. The first-order valence-corrected chi connectivity index (χ1v) is 5.84. The molecule has 0 radical (unpaired) electrons. The first kappa shape index (κ1) is 13.8. The van der Waals surface area contributed by atoms with Crippen molar-refractivity contribution < 1.29 is 23.0 Å². The molecule has 0 fully saturated rings. The standard InChI is InChI=1S/C13H15F2NO3/c1-18-11-4-2-3-8-5-9(19-12(8)11)6-16-7-10(17)13(14)15/h2-5,10,13,16-17H,6-7H2,1H3. The first-order valence-electron chi connectivity index (χ1n) is 5.84. The number of ether oxygens (including phenoxy) is 1. The summed E-state index contributed by atoms with van der Waals surface area (Å²) in [6.45, 7) is 0.0768. The Kier molecular flexibility index (Phi) is 4.34. The molecule has 4 nitrogen and oxygen atoms in total. The van der Waals surface area contributed by atoms with Gasteiger partial charge in [-0.3, -0.25) is 0 Å². The summed E-state index contributed by atoms with van der Waals surface area (Å²) in [6, 6.07) is 7.30. The zero-order valence-electron chi connectivity index (χ0n) is 10.4. The van der Waals surface area contributed by atoms with Crippen LogP contribution in [0.25, 0.3) is 11.0 Å². The Balaban J connectivity index is 2.02. The third kappa shape index (κ3) is 3.21. The summed E-state index contributed by atoms with van der Waals surface area (Å²) in [5.41, 5.74) is 0.621. The van der Waals surface area contributed by atoms with E-state index in [4.69, 9.17) is 14.3 Å². The van der Waals surface area contributed by atoms with Crippen molar-refractivity contribution in [2.24, 2.45) is 0 Å². The second kappa shape index (κ2) is 5.99. The van der Waals surface area contributed by atoms with E-state index >= 15 is 0 Å². The Morgan fingerprint density at radius 2 is 2.21 bits per heavy atom. The van der Waals surface area contributed by atoms with Crippen molar-refractivity contribution in [3.05, 3.63) is 30.0 Å². The number of nitrogens with one attached hydrogen (secondary N) is 1. The topological polar surface area (TPSA) is 54.6 Å². The van der Waals surface area contributed by atoms with Crippen LogP contribution in [0, 0.1) is 0 Å². The molecule has 0 aliphatic heterocycles. The Morgan fingerprint density at radius 3 is 2.89 bits per heavy atom. The van der Waals surface area contributed by atoms with E-state index in [1.807, 2.05) is 12.1 Å². The minimum absolute atomic E-state index is 0.189. The predicted molar refractivity (Wildman–Crippen MR) is 66.5 cm³/mol. The summed E-state index contributed by atoms with van der Waals surface area (Å²) in [6.07, 6.45) is -4.41. The third-order valence-corrected chi connectivity index (χ3v) is 2.72. The predicted octanol–water partition coefficient (Wildman–Crippen LogP) is 2.16. The average Bonchev–Trinajstić information content (AvgIpc) is 2.80. The molecule has 1 aromatic heterocycles. The molecule has 1 atom stereocenters. The van der Waals surface area contributed by atoms with Gasteiger partial charge in [0.2, 0.25) is 0 Å². The highest BCUT2D eigenvalue weighted by Crippen LogP contribution is 2.28. The van der Waals surface area contributed by atoms with Crippen LogP contribution in [0.4, 0.5) is 8.78 Å². The van der Waals surface area contributed by atoms with Gasteiger partial charge in [-0.1, -0.05) is 12.1 Å². The fourth-order valence-electron chi connectivity index (χ4n) is 1.77. The molecule has 2 aromatic rings. The monoisotopic (exact) mass is 271 g/mol. The van der Waals surface area contributed by atoms with E-state index < -0.39 is 12.5 Å². The largest absolute Gasteiger partial charge is 0.493 e. The Hall–Kier alpha value is -1.66. The van der Waals surface area contributed by atoms with Crippen LogP contribution < -0.4 is 10.1 Å². The molecule has 0 spiro atoms. The van der Waals surface area contributed by atoms with Crippen LogP contribution in [0.1, 0.15) is 5.76 Å². The molecule has 1 aromatic carbocycles. The molecular weight excluding hydrogens is 256 g/mol. The molecule has 19 heavy (non-hydrogen) atoms. The zero-order valence-corrected chi connectivity index (χ0v) is 10.4. The molecule has 2 N–H and O–H groups in total. The van der Waals surface area contributed by atoms with Crippen LogP contribution in [-0.4, -0.2) is 31.3 Å². The number of fused-ring (bicyclic) bond motifs is 1. The molecule has 1 heterocycles. The van der Waals surface area contributed by atoms with Crippen LogP contribution in [0.3, 0.4) is 0 Å².